The van der Waals surface area contributed by atoms with Gasteiger partial charge in [-0.05, 0) is 30.7 Å². The number of imide groups is 1. The fraction of sp³-hybridized carbons (Fsp3) is 0.444. The fourth-order valence-electron chi connectivity index (χ4n) is 4.53. The molecular formula is C18H18ClN3O4. The second kappa shape index (κ2) is 6.09. The zero-order valence-electron chi connectivity index (χ0n) is 14.1. The number of allylic oxidation sites excluding steroid dienone is 2. The SMILES string of the molecule is Cc1cc([N+](=O)[O-])cc(Cl)c1NCCN1C(=O)C2C3C=CC(C3)C2C1=O. The number of halogens is 1. The van der Waals surface area contributed by atoms with Gasteiger partial charge in [-0.15, -0.1) is 0 Å². The third-order valence-corrected chi connectivity index (χ3v) is 5.98. The van der Waals surface area contributed by atoms with Crippen LogP contribution in [0.25, 0.3) is 0 Å². The molecule has 136 valence electrons. The summed E-state index contributed by atoms with van der Waals surface area (Å²) in [5.41, 5.74) is 1.15. The van der Waals surface area contributed by atoms with Crippen LogP contribution in [0.15, 0.2) is 24.3 Å². The number of hydrogen-bond acceptors (Lipinski definition) is 5. The topological polar surface area (TPSA) is 92.6 Å². The van der Waals surface area contributed by atoms with Crippen LogP contribution in [0.5, 0.6) is 0 Å². The number of rotatable bonds is 5. The van der Waals surface area contributed by atoms with Gasteiger partial charge in [0.25, 0.3) is 5.69 Å². The number of anilines is 1. The van der Waals surface area contributed by atoms with Gasteiger partial charge in [0.1, 0.15) is 0 Å². The van der Waals surface area contributed by atoms with E-state index >= 15 is 0 Å². The molecule has 1 heterocycles. The molecule has 1 N–H and O–H groups in total. The molecule has 26 heavy (non-hydrogen) atoms. The second-order valence-corrected chi connectivity index (χ2v) is 7.54. The number of nitro benzene ring substituents is 1. The second-order valence-electron chi connectivity index (χ2n) is 7.13. The first-order chi connectivity index (χ1) is 12.4. The number of benzene rings is 1. The summed E-state index contributed by atoms with van der Waals surface area (Å²) in [6.45, 7) is 2.33. The Bertz CT molecular complexity index is 800. The summed E-state index contributed by atoms with van der Waals surface area (Å²) in [7, 11) is 0. The van der Waals surface area contributed by atoms with Crippen molar-refractivity contribution in [1.29, 1.82) is 0 Å². The van der Waals surface area contributed by atoms with Gasteiger partial charge in [-0.25, -0.2) is 0 Å². The van der Waals surface area contributed by atoms with Crippen LogP contribution in [-0.4, -0.2) is 34.7 Å². The number of amides is 2. The molecule has 4 atom stereocenters. The van der Waals surface area contributed by atoms with Gasteiger partial charge >= 0.3 is 0 Å². The lowest BCUT2D eigenvalue weighted by Crippen LogP contribution is -2.36. The average molecular weight is 376 g/mol. The summed E-state index contributed by atoms with van der Waals surface area (Å²) >= 11 is 6.13. The third-order valence-electron chi connectivity index (χ3n) is 5.68. The Kier molecular flexibility index (Phi) is 3.99. The van der Waals surface area contributed by atoms with Gasteiger partial charge in [0.2, 0.25) is 11.8 Å². The predicted octanol–water partition coefficient (Wildman–Crippen LogP) is 2.78. The lowest BCUT2D eigenvalue weighted by atomic mass is 9.85. The maximum Gasteiger partial charge on any atom is 0.271 e. The molecule has 2 amide bonds. The molecule has 0 radical (unpaired) electrons. The number of aryl methyl sites for hydroxylation is 1. The van der Waals surface area contributed by atoms with Gasteiger partial charge in [0, 0.05) is 25.2 Å². The van der Waals surface area contributed by atoms with Crippen molar-refractivity contribution in [2.75, 3.05) is 18.4 Å². The van der Waals surface area contributed by atoms with Gasteiger partial charge in [0.15, 0.2) is 0 Å². The van der Waals surface area contributed by atoms with Crippen LogP contribution in [0, 0.1) is 40.7 Å². The Morgan fingerprint density at radius 1 is 1.23 bits per heavy atom. The van der Waals surface area contributed by atoms with Crippen LogP contribution >= 0.6 is 11.6 Å². The minimum absolute atomic E-state index is 0.0706. The van der Waals surface area contributed by atoms with Crippen molar-refractivity contribution < 1.29 is 14.5 Å². The van der Waals surface area contributed by atoms with Gasteiger partial charge in [-0.2, -0.15) is 0 Å². The van der Waals surface area contributed by atoms with Gasteiger partial charge < -0.3 is 5.32 Å². The molecule has 3 aliphatic rings. The molecule has 0 spiro atoms. The first-order valence-electron chi connectivity index (χ1n) is 8.60. The predicted molar refractivity (Wildman–Crippen MR) is 95.8 cm³/mol. The van der Waals surface area contributed by atoms with Crippen molar-refractivity contribution >= 4 is 34.8 Å². The van der Waals surface area contributed by atoms with Crippen LogP contribution < -0.4 is 5.32 Å². The molecule has 1 saturated carbocycles. The summed E-state index contributed by atoms with van der Waals surface area (Å²) in [5.74, 6) is -0.142. The van der Waals surface area contributed by atoms with Crippen molar-refractivity contribution in [2.24, 2.45) is 23.7 Å². The standard InChI is InChI=1S/C18H18ClN3O4/c1-9-6-12(22(25)26)8-13(19)16(9)20-4-5-21-17(23)14-10-2-3-11(7-10)15(14)18(21)24/h2-3,6,8,10-11,14-15,20H,4-5,7H2,1H3. The maximum atomic E-state index is 12.6. The van der Waals surface area contributed by atoms with E-state index in [0.29, 0.717) is 17.8 Å². The van der Waals surface area contributed by atoms with Crippen molar-refractivity contribution in [3.8, 4) is 0 Å². The number of nitrogens with one attached hydrogen (secondary N) is 1. The van der Waals surface area contributed by atoms with Crippen LogP contribution in [0.2, 0.25) is 5.02 Å². The summed E-state index contributed by atoms with van der Waals surface area (Å²) < 4.78 is 0. The largest absolute Gasteiger partial charge is 0.382 e. The highest BCUT2D eigenvalue weighted by Crippen LogP contribution is 2.52. The van der Waals surface area contributed by atoms with Crippen molar-refractivity contribution in [1.82, 2.24) is 4.90 Å². The Hall–Kier alpha value is -2.41. The molecule has 4 rings (SSSR count). The number of nitro groups is 1. The smallest absolute Gasteiger partial charge is 0.271 e. The Morgan fingerprint density at radius 2 is 1.85 bits per heavy atom. The normalized spacial score (nSPS) is 28.8. The van der Waals surface area contributed by atoms with Gasteiger partial charge in [0.05, 0.1) is 27.5 Å². The summed E-state index contributed by atoms with van der Waals surface area (Å²) in [6, 6.07) is 2.73. The number of non-ortho nitro benzene ring substituents is 1. The molecular weight excluding hydrogens is 358 g/mol. The maximum absolute atomic E-state index is 12.6. The van der Waals surface area contributed by atoms with Gasteiger partial charge in [-0.3, -0.25) is 24.6 Å². The molecule has 1 saturated heterocycles. The Morgan fingerprint density at radius 3 is 2.38 bits per heavy atom. The van der Waals surface area contributed by atoms with Crippen molar-refractivity contribution in [3.05, 3.63) is 45.0 Å². The molecule has 1 aromatic carbocycles. The van der Waals surface area contributed by atoms with E-state index in [1.165, 1.54) is 17.0 Å². The van der Waals surface area contributed by atoms with E-state index in [0.717, 1.165) is 6.42 Å². The highest BCUT2D eigenvalue weighted by molar-refractivity contribution is 6.33. The lowest BCUT2D eigenvalue weighted by Gasteiger charge is -2.18. The molecule has 4 unspecified atom stereocenters. The van der Waals surface area contributed by atoms with Crippen LogP contribution in [0.1, 0.15) is 12.0 Å². The molecule has 1 aliphatic heterocycles. The number of carbonyl (C=O) groups excluding carboxylic acids is 2. The third kappa shape index (κ3) is 2.49. The first-order valence-corrected chi connectivity index (χ1v) is 8.98. The monoisotopic (exact) mass is 375 g/mol. The fourth-order valence-corrected chi connectivity index (χ4v) is 4.86. The zero-order chi connectivity index (χ0) is 18.6. The Labute approximate surface area is 155 Å². The van der Waals surface area contributed by atoms with E-state index in [-0.39, 0.29) is 52.7 Å². The molecule has 7 nitrogen and oxygen atoms in total. The van der Waals surface area contributed by atoms with Crippen LogP contribution in [0.4, 0.5) is 11.4 Å². The van der Waals surface area contributed by atoms with Crippen molar-refractivity contribution in [3.63, 3.8) is 0 Å². The highest BCUT2D eigenvalue weighted by Gasteiger charge is 2.58. The molecule has 2 aliphatic carbocycles. The van der Waals surface area contributed by atoms with E-state index < -0.39 is 4.92 Å². The molecule has 1 aromatic rings. The number of fused-ring (bicyclic) bond motifs is 5. The summed E-state index contributed by atoms with van der Waals surface area (Å²) in [4.78, 5) is 37.0. The summed E-state index contributed by atoms with van der Waals surface area (Å²) in [5, 5.41) is 14.2. The lowest BCUT2D eigenvalue weighted by molar-refractivity contribution is -0.384. The minimum atomic E-state index is -0.495. The number of nitrogens with zero attached hydrogens (tertiary/aromatic N) is 2. The van der Waals surface area contributed by atoms with Gasteiger partial charge in [-0.1, -0.05) is 23.8 Å². The van der Waals surface area contributed by atoms with E-state index in [9.17, 15) is 19.7 Å². The number of hydrogen-bond donors (Lipinski definition) is 1. The highest BCUT2D eigenvalue weighted by atomic mass is 35.5. The van der Waals surface area contributed by atoms with E-state index in [1.807, 2.05) is 0 Å². The van der Waals surface area contributed by atoms with Crippen LogP contribution in [0.3, 0.4) is 0 Å². The molecule has 0 aromatic heterocycles. The first kappa shape index (κ1) is 17.0. The minimum Gasteiger partial charge on any atom is -0.382 e. The van der Waals surface area contributed by atoms with E-state index in [1.54, 1.807) is 6.92 Å². The quantitative estimate of drug-likeness (QED) is 0.369. The average Bonchev–Trinajstić information content (AvgIpc) is 3.26. The Balaban J connectivity index is 1.42. The summed E-state index contributed by atoms with van der Waals surface area (Å²) in [6.07, 6.45) is 5.05. The van der Waals surface area contributed by atoms with E-state index in [4.69, 9.17) is 11.6 Å². The number of likely N-dealkylation sites (tertiary alicyclic amines) is 1. The zero-order valence-corrected chi connectivity index (χ0v) is 14.9. The van der Waals surface area contributed by atoms with E-state index in [2.05, 4.69) is 17.5 Å². The molecule has 8 heteroatoms. The molecule has 2 fully saturated rings. The van der Waals surface area contributed by atoms with Crippen molar-refractivity contribution in [2.45, 2.75) is 13.3 Å². The molecule has 2 bridgehead atoms. The number of carbonyl (C=O) groups is 2. The van der Waals surface area contributed by atoms with Crippen LogP contribution in [-0.2, 0) is 9.59 Å².